The third-order valence-electron chi connectivity index (χ3n) is 1.02. The van der Waals surface area contributed by atoms with Crippen molar-refractivity contribution < 1.29 is 8.93 Å². The first kappa shape index (κ1) is 7.50. The minimum Gasteiger partial charge on any atom is -0.398 e. The third-order valence-corrected chi connectivity index (χ3v) is 1.35. The smallest absolute Gasteiger partial charge is 0.227 e. The summed E-state index contributed by atoms with van der Waals surface area (Å²) >= 11 is 2.78. The van der Waals surface area contributed by atoms with Crippen molar-refractivity contribution in [1.82, 2.24) is 4.98 Å². The number of aliphatic hydroxyl groups excluding tert-OH is 1. The highest BCUT2D eigenvalue weighted by molar-refractivity contribution is 9.06. The monoisotopic (exact) mass is 203 g/mol. The van der Waals surface area contributed by atoms with Crippen molar-refractivity contribution in [1.29, 1.82) is 0 Å². The number of pyridine rings is 1. The van der Waals surface area contributed by atoms with Gasteiger partial charge in [0.15, 0.2) is 16.3 Å². The minimum absolute atomic E-state index is 0.0653. The van der Waals surface area contributed by atoms with Gasteiger partial charge < -0.3 is 8.93 Å². The second-order valence-corrected chi connectivity index (χ2v) is 2.03. The van der Waals surface area contributed by atoms with Crippen LogP contribution in [0.15, 0.2) is 18.2 Å². The van der Waals surface area contributed by atoms with Crippen LogP contribution in [0.5, 0.6) is 5.88 Å². The maximum Gasteiger partial charge on any atom is 0.227 e. The lowest BCUT2D eigenvalue weighted by atomic mass is 10.4. The lowest BCUT2D eigenvalue weighted by Gasteiger charge is -1.96. The largest absolute Gasteiger partial charge is 0.398 e. The Kier molecular flexibility index (Phi) is 2.65. The fourth-order valence-corrected chi connectivity index (χ4v) is 0.769. The van der Waals surface area contributed by atoms with Crippen molar-refractivity contribution in [2.75, 3.05) is 0 Å². The molecule has 1 aromatic heterocycles. The van der Waals surface area contributed by atoms with Crippen LogP contribution >= 0.6 is 16.3 Å². The molecule has 54 valence electrons. The first-order valence-electron chi connectivity index (χ1n) is 2.72. The van der Waals surface area contributed by atoms with Gasteiger partial charge in [-0.1, -0.05) is 6.07 Å². The Morgan fingerprint density at radius 3 is 3.00 bits per heavy atom. The highest BCUT2D eigenvalue weighted by atomic mass is 79.9. The Bertz CT molecular complexity index is 197. The first-order valence-corrected chi connectivity index (χ1v) is 3.37. The van der Waals surface area contributed by atoms with Crippen molar-refractivity contribution in [2.24, 2.45) is 0 Å². The van der Waals surface area contributed by atoms with Crippen molar-refractivity contribution >= 4 is 16.3 Å². The van der Waals surface area contributed by atoms with Gasteiger partial charge in [-0.05, 0) is 6.07 Å². The lowest BCUT2D eigenvalue weighted by molar-refractivity contribution is 0.276. The SMILES string of the molecule is OCc1cccc(OBr)n1. The average molecular weight is 204 g/mol. The quantitative estimate of drug-likeness (QED) is 0.788. The molecule has 0 radical (unpaired) electrons. The zero-order valence-corrected chi connectivity index (χ0v) is 6.71. The zero-order valence-electron chi connectivity index (χ0n) is 5.12. The van der Waals surface area contributed by atoms with Crippen LogP contribution < -0.4 is 3.83 Å². The molecule has 0 aromatic carbocycles. The average Bonchev–Trinajstić information content (AvgIpc) is 2.05. The molecule has 4 heteroatoms. The number of rotatable bonds is 2. The minimum atomic E-state index is -0.0653. The van der Waals surface area contributed by atoms with Crippen LogP contribution in [0.4, 0.5) is 0 Å². The molecule has 0 spiro atoms. The van der Waals surface area contributed by atoms with Crippen molar-refractivity contribution in [2.45, 2.75) is 6.61 Å². The van der Waals surface area contributed by atoms with Crippen LogP contribution in [-0.2, 0) is 6.61 Å². The molecule has 0 unspecified atom stereocenters. The molecule has 0 saturated carbocycles. The molecule has 0 amide bonds. The van der Waals surface area contributed by atoms with E-state index >= 15 is 0 Å². The van der Waals surface area contributed by atoms with Gasteiger partial charge in [0.05, 0.1) is 12.3 Å². The Morgan fingerprint density at radius 1 is 1.60 bits per heavy atom. The summed E-state index contributed by atoms with van der Waals surface area (Å²) in [5, 5.41) is 8.62. The van der Waals surface area contributed by atoms with Crippen LogP contribution in [-0.4, -0.2) is 10.1 Å². The number of nitrogens with zero attached hydrogens (tertiary/aromatic N) is 1. The van der Waals surface area contributed by atoms with Gasteiger partial charge in [0, 0.05) is 6.07 Å². The van der Waals surface area contributed by atoms with E-state index in [9.17, 15) is 0 Å². The maximum absolute atomic E-state index is 8.62. The van der Waals surface area contributed by atoms with E-state index in [0.717, 1.165) is 0 Å². The van der Waals surface area contributed by atoms with E-state index in [0.29, 0.717) is 11.6 Å². The Morgan fingerprint density at radius 2 is 2.40 bits per heavy atom. The molecule has 3 nitrogen and oxygen atoms in total. The summed E-state index contributed by atoms with van der Waals surface area (Å²) in [6.07, 6.45) is 0. The van der Waals surface area contributed by atoms with Crippen molar-refractivity contribution in [3.63, 3.8) is 0 Å². The fourth-order valence-electron chi connectivity index (χ4n) is 0.589. The molecular formula is C6H6BrNO2. The Labute approximate surface area is 67.1 Å². The van der Waals surface area contributed by atoms with E-state index < -0.39 is 0 Å². The Balaban J connectivity index is 2.87. The highest BCUT2D eigenvalue weighted by Gasteiger charge is 1.94. The zero-order chi connectivity index (χ0) is 7.40. The maximum atomic E-state index is 8.62. The summed E-state index contributed by atoms with van der Waals surface area (Å²) in [5.41, 5.74) is 0.594. The summed E-state index contributed by atoms with van der Waals surface area (Å²) < 4.78 is 4.65. The third kappa shape index (κ3) is 1.68. The van der Waals surface area contributed by atoms with Crippen molar-refractivity contribution in [3.8, 4) is 5.88 Å². The summed E-state index contributed by atoms with van der Waals surface area (Å²) in [4.78, 5) is 3.89. The van der Waals surface area contributed by atoms with Gasteiger partial charge in [-0.3, -0.25) is 0 Å². The first-order chi connectivity index (χ1) is 4.86. The number of hydrogen-bond donors (Lipinski definition) is 1. The van der Waals surface area contributed by atoms with Crippen LogP contribution in [0.25, 0.3) is 0 Å². The molecule has 10 heavy (non-hydrogen) atoms. The predicted molar refractivity (Wildman–Crippen MR) is 39.7 cm³/mol. The molecule has 0 aliphatic rings. The van der Waals surface area contributed by atoms with Crippen LogP contribution in [0.3, 0.4) is 0 Å². The van der Waals surface area contributed by atoms with Crippen LogP contribution in [0.1, 0.15) is 5.69 Å². The van der Waals surface area contributed by atoms with Gasteiger partial charge in [0.2, 0.25) is 5.88 Å². The number of aliphatic hydroxyl groups is 1. The van der Waals surface area contributed by atoms with Gasteiger partial charge in [-0.15, -0.1) is 0 Å². The molecule has 0 aliphatic heterocycles. The summed E-state index contributed by atoms with van der Waals surface area (Å²) in [6, 6.07) is 5.17. The summed E-state index contributed by atoms with van der Waals surface area (Å²) in [6.45, 7) is -0.0653. The number of hydrogen-bond acceptors (Lipinski definition) is 3. The van der Waals surface area contributed by atoms with Gasteiger partial charge in [0.1, 0.15) is 0 Å². The molecule has 1 heterocycles. The van der Waals surface area contributed by atoms with E-state index in [2.05, 4.69) is 25.1 Å². The molecule has 1 rings (SSSR count). The molecule has 1 N–H and O–H groups in total. The molecule has 0 aliphatic carbocycles. The van der Waals surface area contributed by atoms with Gasteiger partial charge in [0.25, 0.3) is 0 Å². The van der Waals surface area contributed by atoms with E-state index in [4.69, 9.17) is 5.11 Å². The van der Waals surface area contributed by atoms with Crippen LogP contribution in [0.2, 0.25) is 0 Å². The van der Waals surface area contributed by atoms with E-state index in [1.165, 1.54) is 0 Å². The summed E-state index contributed by atoms with van der Waals surface area (Å²) in [7, 11) is 0. The molecular weight excluding hydrogens is 198 g/mol. The molecule has 0 bridgehead atoms. The molecule has 0 saturated heterocycles. The van der Waals surface area contributed by atoms with Gasteiger partial charge >= 0.3 is 0 Å². The van der Waals surface area contributed by atoms with E-state index in [1.54, 1.807) is 18.2 Å². The van der Waals surface area contributed by atoms with Crippen molar-refractivity contribution in [3.05, 3.63) is 23.9 Å². The number of aromatic nitrogens is 1. The topological polar surface area (TPSA) is 42.4 Å². The van der Waals surface area contributed by atoms with Gasteiger partial charge in [-0.2, -0.15) is 0 Å². The van der Waals surface area contributed by atoms with Gasteiger partial charge in [-0.25, -0.2) is 4.98 Å². The molecule has 0 atom stereocenters. The normalized spacial score (nSPS) is 9.40. The second kappa shape index (κ2) is 3.53. The Hall–Kier alpha value is -0.610. The predicted octanol–water partition coefficient (Wildman–Crippen LogP) is 1.26. The lowest BCUT2D eigenvalue weighted by Crippen LogP contribution is -1.89. The molecule has 1 aromatic rings. The second-order valence-electron chi connectivity index (χ2n) is 1.70. The molecule has 0 fully saturated rings. The number of halogens is 1. The highest BCUT2D eigenvalue weighted by Crippen LogP contribution is 2.09. The fraction of sp³-hybridized carbons (Fsp3) is 0.167. The van der Waals surface area contributed by atoms with Crippen LogP contribution in [0, 0.1) is 0 Å². The summed E-state index contributed by atoms with van der Waals surface area (Å²) in [5.74, 6) is 0.451. The van der Waals surface area contributed by atoms with E-state index in [1.807, 2.05) is 0 Å². The van der Waals surface area contributed by atoms with E-state index in [-0.39, 0.29) is 6.61 Å². The standard InChI is InChI=1S/C6H6BrNO2/c7-10-6-3-1-2-5(4-9)8-6/h1-3,9H,4H2.